The van der Waals surface area contributed by atoms with Gasteiger partial charge in [-0.3, -0.25) is 0 Å². The maximum absolute atomic E-state index is 14.2. The van der Waals surface area contributed by atoms with Gasteiger partial charge >= 0.3 is 0 Å². The van der Waals surface area contributed by atoms with Crippen LogP contribution in [0, 0.1) is 25.5 Å². The Kier molecular flexibility index (Phi) is 13.0. The Labute approximate surface area is 257 Å². The van der Waals surface area contributed by atoms with Crippen molar-refractivity contribution in [3.63, 3.8) is 0 Å². The molecule has 4 atom stereocenters. The molecule has 0 saturated carbocycles. The van der Waals surface area contributed by atoms with Crippen molar-refractivity contribution >= 4 is 0 Å². The highest BCUT2D eigenvalue weighted by Crippen LogP contribution is 2.18. The van der Waals surface area contributed by atoms with Crippen molar-refractivity contribution in [1.82, 2.24) is 0 Å². The number of ether oxygens (including phenoxy) is 4. The molecule has 0 saturated heterocycles. The van der Waals surface area contributed by atoms with Gasteiger partial charge in [0, 0.05) is 11.1 Å². The van der Waals surface area contributed by atoms with Gasteiger partial charge in [-0.25, -0.2) is 8.78 Å². The van der Waals surface area contributed by atoms with Gasteiger partial charge in [-0.1, -0.05) is 96.1 Å². The molecule has 0 spiro atoms. The molecule has 0 aliphatic carbocycles. The second kappa shape index (κ2) is 17.1. The van der Waals surface area contributed by atoms with E-state index < -0.39 is 36.1 Å². The molecule has 0 aliphatic heterocycles. The molecule has 0 aromatic heterocycles. The first-order valence-corrected chi connectivity index (χ1v) is 14.6. The standard InChI is InChI=1S/C36H40F2O6/c1-25-11-15-27(16-12-25)19-43-33(23-41-21-29-7-3-5-9-31(29)37)35(39)36(40)34(44-20-28-17-13-26(2)14-18-28)24-42-22-30-8-4-6-10-32(30)38/h3-18,33-36,39-40H,19-24H2,1-2H3/t33-,34-,35-,36-/m1/s1. The van der Waals surface area contributed by atoms with E-state index in [1.807, 2.05) is 62.4 Å². The highest BCUT2D eigenvalue weighted by atomic mass is 19.1. The zero-order chi connectivity index (χ0) is 31.3. The number of aryl methyl sites for hydroxylation is 2. The summed E-state index contributed by atoms with van der Waals surface area (Å²) in [5, 5.41) is 22.8. The summed E-state index contributed by atoms with van der Waals surface area (Å²) < 4.78 is 52.0. The lowest BCUT2D eigenvalue weighted by molar-refractivity contribution is -0.170. The average Bonchev–Trinajstić information content (AvgIpc) is 3.03. The molecule has 4 aromatic rings. The van der Waals surface area contributed by atoms with E-state index in [4.69, 9.17) is 18.9 Å². The van der Waals surface area contributed by atoms with Gasteiger partial charge in [0.1, 0.15) is 36.1 Å². The maximum atomic E-state index is 14.2. The maximum Gasteiger partial charge on any atom is 0.128 e. The third-order valence-electron chi connectivity index (χ3n) is 7.28. The fourth-order valence-corrected chi connectivity index (χ4v) is 4.51. The second-order valence-electron chi connectivity index (χ2n) is 10.9. The average molecular weight is 607 g/mol. The summed E-state index contributed by atoms with van der Waals surface area (Å²) in [7, 11) is 0. The van der Waals surface area contributed by atoms with Crippen LogP contribution >= 0.6 is 0 Å². The van der Waals surface area contributed by atoms with Gasteiger partial charge in [0.25, 0.3) is 0 Å². The van der Waals surface area contributed by atoms with E-state index in [1.54, 1.807) is 36.4 Å². The smallest absolute Gasteiger partial charge is 0.128 e. The molecular weight excluding hydrogens is 566 g/mol. The molecule has 0 heterocycles. The quantitative estimate of drug-likeness (QED) is 0.149. The molecule has 8 heteroatoms. The Morgan fingerprint density at radius 2 is 0.886 bits per heavy atom. The zero-order valence-electron chi connectivity index (χ0n) is 25.1. The van der Waals surface area contributed by atoms with Crippen molar-refractivity contribution in [2.75, 3.05) is 13.2 Å². The van der Waals surface area contributed by atoms with E-state index in [-0.39, 0.29) is 39.6 Å². The van der Waals surface area contributed by atoms with Gasteiger partial charge in [0.15, 0.2) is 0 Å². The first-order valence-electron chi connectivity index (χ1n) is 14.6. The van der Waals surface area contributed by atoms with Gasteiger partial charge in [0.2, 0.25) is 0 Å². The van der Waals surface area contributed by atoms with Gasteiger partial charge in [-0.15, -0.1) is 0 Å². The van der Waals surface area contributed by atoms with Crippen LogP contribution < -0.4 is 0 Å². The number of halogens is 2. The SMILES string of the molecule is Cc1ccc(CO[C@H](COCc2ccccc2F)[C@@H](O)[C@H](O)[C@@H](COCc2ccccc2F)OCc2ccc(C)cc2)cc1. The van der Waals surface area contributed by atoms with Crippen LogP contribution in [0.4, 0.5) is 8.78 Å². The van der Waals surface area contributed by atoms with E-state index in [0.717, 1.165) is 22.3 Å². The van der Waals surface area contributed by atoms with Crippen LogP contribution in [0.1, 0.15) is 33.4 Å². The van der Waals surface area contributed by atoms with Crippen LogP contribution in [-0.4, -0.2) is 47.8 Å². The van der Waals surface area contributed by atoms with E-state index in [0.29, 0.717) is 11.1 Å². The topological polar surface area (TPSA) is 77.4 Å². The highest BCUT2D eigenvalue weighted by Gasteiger charge is 2.34. The van der Waals surface area contributed by atoms with Crippen molar-refractivity contribution in [2.45, 2.75) is 64.7 Å². The predicted octanol–water partition coefficient (Wildman–Crippen LogP) is 6.21. The van der Waals surface area contributed by atoms with Crippen LogP contribution in [0.15, 0.2) is 97.1 Å². The molecule has 0 aliphatic rings. The van der Waals surface area contributed by atoms with E-state index in [2.05, 4.69) is 0 Å². The second-order valence-corrected chi connectivity index (χ2v) is 10.9. The fraction of sp³-hybridized carbons (Fsp3) is 0.333. The van der Waals surface area contributed by atoms with Crippen LogP contribution in [0.2, 0.25) is 0 Å². The summed E-state index contributed by atoms with van der Waals surface area (Å²) in [5.74, 6) is -0.802. The van der Waals surface area contributed by atoms with Crippen molar-refractivity contribution in [3.8, 4) is 0 Å². The number of hydrogen-bond donors (Lipinski definition) is 2. The third kappa shape index (κ3) is 10.3. The molecule has 4 rings (SSSR count). The van der Waals surface area contributed by atoms with Gasteiger partial charge < -0.3 is 29.2 Å². The van der Waals surface area contributed by atoms with Crippen molar-refractivity contribution in [3.05, 3.63) is 142 Å². The van der Waals surface area contributed by atoms with E-state index >= 15 is 0 Å². The summed E-state index contributed by atoms with van der Waals surface area (Å²) in [6.45, 7) is 3.92. The van der Waals surface area contributed by atoms with Crippen LogP contribution in [0.5, 0.6) is 0 Å². The lowest BCUT2D eigenvalue weighted by Gasteiger charge is -2.32. The number of aliphatic hydroxyl groups excluding tert-OH is 2. The van der Waals surface area contributed by atoms with E-state index in [1.165, 1.54) is 12.1 Å². The zero-order valence-corrected chi connectivity index (χ0v) is 25.1. The van der Waals surface area contributed by atoms with E-state index in [9.17, 15) is 19.0 Å². The molecule has 6 nitrogen and oxygen atoms in total. The number of hydrogen-bond acceptors (Lipinski definition) is 6. The Balaban J connectivity index is 1.46. The normalized spacial score (nSPS) is 14.2. The molecule has 0 unspecified atom stereocenters. The first kappa shape index (κ1) is 33.4. The first-order chi connectivity index (χ1) is 21.3. The molecule has 4 aromatic carbocycles. The molecule has 0 fully saturated rings. The Hall–Kier alpha value is -3.50. The van der Waals surface area contributed by atoms with Gasteiger partial charge in [-0.05, 0) is 37.1 Å². The fourth-order valence-electron chi connectivity index (χ4n) is 4.51. The van der Waals surface area contributed by atoms with Crippen LogP contribution in [0.25, 0.3) is 0 Å². The highest BCUT2D eigenvalue weighted by molar-refractivity contribution is 5.22. The number of benzene rings is 4. The molecule has 0 radical (unpaired) electrons. The minimum atomic E-state index is -1.46. The van der Waals surface area contributed by atoms with Crippen LogP contribution in [-0.2, 0) is 45.4 Å². The minimum absolute atomic E-state index is 0.0427. The molecule has 234 valence electrons. The molecule has 44 heavy (non-hydrogen) atoms. The Morgan fingerprint density at radius 1 is 0.523 bits per heavy atom. The summed E-state index contributed by atoms with van der Waals surface area (Å²) in [4.78, 5) is 0. The Morgan fingerprint density at radius 3 is 1.25 bits per heavy atom. The van der Waals surface area contributed by atoms with Crippen molar-refractivity contribution in [2.24, 2.45) is 0 Å². The minimum Gasteiger partial charge on any atom is -0.388 e. The van der Waals surface area contributed by atoms with Crippen LogP contribution in [0.3, 0.4) is 0 Å². The molecule has 2 N–H and O–H groups in total. The van der Waals surface area contributed by atoms with Gasteiger partial charge in [0.05, 0.1) is 39.6 Å². The third-order valence-corrected chi connectivity index (χ3v) is 7.28. The molecule has 0 bridgehead atoms. The largest absolute Gasteiger partial charge is 0.388 e. The summed E-state index contributed by atoms with van der Waals surface area (Å²) >= 11 is 0. The summed E-state index contributed by atoms with van der Waals surface area (Å²) in [6, 6.07) is 28.0. The lowest BCUT2D eigenvalue weighted by Crippen LogP contribution is -2.49. The molecule has 0 amide bonds. The number of aliphatic hydroxyl groups is 2. The number of rotatable bonds is 17. The molecular formula is C36H40F2O6. The lowest BCUT2D eigenvalue weighted by atomic mass is 10.0. The monoisotopic (exact) mass is 606 g/mol. The summed E-state index contributed by atoms with van der Waals surface area (Å²) in [5.41, 5.74) is 4.66. The van der Waals surface area contributed by atoms with Crippen molar-refractivity contribution < 1.29 is 37.9 Å². The van der Waals surface area contributed by atoms with Crippen molar-refractivity contribution in [1.29, 1.82) is 0 Å². The van der Waals surface area contributed by atoms with Gasteiger partial charge in [-0.2, -0.15) is 0 Å². The predicted molar refractivity (Wildman–Crippen MR) is 164 cm³/mol. The Bertz CT molecular complexity index is 1300. The summed E-state index contributed by atoms with van der Waals surface area (Å²) in [6.07, 6.45) is -4.90.